The maximum Gasteiger partial charge on any atom is 0.233 e. The standard InChI is InChI=1S/C12H17N3O3S/c1-8-3-2-4-10(11(8)12(13)14-16)15-19(17,18)7-9-5-6-9/h2-4,9,15-16H,5-7H2,1H3,(H2,13,14). The Labute approximate surface area is 112 Å². The highest BCUT2D eigenvalue weighted by Gasteiger charge is 2.28. The van der Waals surface area contributed by atoms with E-state index in [2.05, 4.69) is 9.88 Å². The molecule has 0 aliphatic heterocycles. The molecule has 1 aliphatic carbocycles. The van der Waals surface area contributed by atoms with Gasteiger partial charge in [0.15, 0.2) is 5.84 Å². The Balaban J connectivity index is 2.31. The number of amidine groups is 1. The van der Waals surface area contributed by atoms with Gasteiger partial charge in [0, 0.05) is 5.56 Å². The van der Waals surface area contributed by atoms with Crippen LogP contribution in [0.5, 0.6) is 0 Å². The number of nitrogens with two attached hydrogens (primary N) is 1. The molecule has 2 rings (SSSR count). The lowest BCUT2D eigenvalue weighted by atomic mass is 10.1. The van der Waals surface area contributed by atoms with E-state index in [9.17, 15) is 8.42 Å². The molecule has 1 aliphatic rings. The molecule has 4 N–H and O–H groups in total. The third-order valence-corrected chi connectivity index (χ3v) is 4.50. The minimum Gasteiger partial charge on any atom is -0.409 e. The largest absolute Gasteiger partial charge is 0.409 e. The number of benzene rings is 1. The number of sulfonamides is 1. The topological polar surface area (TPSA) is 105 Å². The maximum atomic E-state index is 12.0. The summed E-state index contributed by atoms with van der Waals surface area (Å²) in [4.78, 5) is 0. The van der Waals surface area contributed by atoms with Crippen molar-refractivity contribution in [1.29, 1.82) is 0 Å². The van der Waals surface area contributed by atoms with Crippen LogP contribution in [0.15, 0.2) is 23.4 Å². The molecule has 1 saturated carbocycles. The number of nitrogens with zero attached hydrogens (tertiary/aromatic N) is 1. The lowest BCUT2D eigenvalue weighted by molar-refractivity contribution is 0.318. The average molecular weight is 283 g/mol. The van der Waals surface area contributed by atoms with Crippen molar-refractivity contribution in [3.63, 3.8) is 0 Å². The molecule has 0 unspecified atom stereocenters. The van der Waals surface area contributed by atoms with E-state index in [1.165, 1.54) is 0 Å². The number of nitrogens with one attached hydrogen (secondary N) is 1. The first kappa shape index (κ1) is 13.7. The van der Waals surface area contributed by atoms with Crippen LogP contribution < -0.4 is 10.5 Å². The van der Waals surface area contributed by atoms with Crippen molar-refractivity contribution in [3.8, 4) is 0 Å². The van der Waals surface area contributed by atoms with Crippen molar-refractivity contribution in [2.75, 3.05) is 10.5 Å². The Kier molecular flexibility index (Phi) is 3.66. The van der Waals surface area contributed by atoms with Crippen LogP contribution in [0.1, 0.15) is 24.0 Å². The summed E-state index contributed by atoms with van der Waals surface area (Å²) in [7, 11) is -3.39. The Morgan fingerprint density at radius 2 is 2.21 bits per heavy atom. The smallest absolute Gasteiger partial charge is 0.233 e. The lowest BCUT2D eigenvalue weighted by Crippen LogP contribution is -2.22. The first-order chi connectivity index (χ1) is 8.93. The molecule has 1 fully saturated rings. The van der Waals surface area contributed by atoms with E-state index in [4.69, 9.17) is 10.9 Å². The monoisotopic (exact) mass is 283 g/mol. The molecule has 0 amide bonds. The number of anilines is 1. The third kappa shape index (κ3) is 3.37. The molecular formula is C12H17N3O3S. The van der Waals surface area contributed by atoms with E-state index in [0.29, 0.717) is 11.3 Å². The summed E-state index contributed by atoms with van der Waals surface area (Å²) < 4.78 is 26.5. The second-order valence-corrected chi connectivity index (χ2v) is 6.58. The van der Waals surface area contributed by atoms with Crippen molar-refractivity contribution in [3.05, 3.63) is 29.3 Å². The molecule has 104 valence electrons. The summed E-state index contributed by atoms with van der Waals surface area (Å²) >= 11 is 0. The fourth-order valence-corrected chi connectivity index (χ4v) is 3.49. The molecule has 0 aromatic heterocycles. The predicted octanol–water partition coefficient (Wildman–Crippen LogP) is 1.24. The zero-order chi connectivity index (χ0) is 14.0. The van der Waals surface area contributed by atoms with Gasteiger partial charge in [-0.05, 0) is 37.3 Å². The van der Waals surface area contributed by atoms with Crippen LogP contribution in [0, 0.1) is 12.8 Å². The van der Waals surface area contributed by atoms with Crippen LogP contribution in [0.25, 0.3) is 0 Å². The van der Waals surface area contributed by atoms with E-state index in [1.54, 1.807) is 25.1 Å². The van der Waals surface area contributed by atoms with E-state index >= 15 is 0 Å². The Hall–Kier alpha value is -1.76. The van der Waals surface area contributed by atoms with Crippen molar-refractivity contribution in [2.45, 2.75) is 19.8 Å². The van der Waals surface area contributed by atoms with Gasteiger partial charge < -0.3 is 10.9 Å². The van der Waals surface area contributed by atoms with Crippen molar-refractivity contribution < 1.29 is 13.6 Å². The van der Waals surface area contributed by atoms with Gasteiger partial charge in [-0.3, -0.25) is 4.72 Å². The minimum absolute atomic E-state index is 0.109. The molecule has 0 saturated heterocycles. The second-order valence-electron chi connectivity index (χ2n) is 4.81. The van der Waals surface area contributed by atoms with E-state index < -0.39 is 10.0 Å². The van der Waals surface area contributed by atoms with Gasteiger partial charge in [-0.1, -0.05) is 17.3 Å². The molecule has 0 radical (unpaired) electrons. The molecule has 0 atom stereocenters. The zero-order valence-corrected chi connectivity index (χ0v) is 11.4. The van der Waals surface area contributed by atoms with Gasteiger partial charge >= 0.3 is 0 Å². The molecule has 6 nitrogen and oxygen atoms in total. The van der Waals surface area contributed by atoms with Gasteiger partial charge in [-0.25, -0.2) is 8.42 Å². The first-order valence-corrected chi connectivity index (χ1v) is 7.66. The van der Waals surface area contributed by atoms with Gasteiger partial charge in [-0.2, -0.15) is 0 Å². The molecule has 19 heavy (non-hydrogen) atoms. The summed E-state index contributed by atoms with van der Waals surface area (Å²) in [6.07, 6.45) is 1.92. The number of rotatable bonds is 5. The predicted molar refractivity (Wildman–Crippen MR) is 73.8 cm³/mol. The Morgan fingerprint density at radius 3 is 2.79 bits per heavy atom. The van der Waals surface area contributed by atoms with Gasteiger partial charge in [-0.15, -0.1) is 0 Å². The summed E-state index contributed by atoms with van der Waals surface area (Å²) in [5, 5.41) is 11.7. The number of hydrogen-bond acceptors (Lipinski definition) is 4. The average Bonchev–Trinajstić information content (AvgIpc) is 3.11. The number of hydrogen-bond donors (Lipinski definition) is 3. The van der Waals surface area contributed by atoms with Crippen LogP contribution in [0.3, 0.4) is 0 Å². The lowest BCUT2D eigenvalue weighted by Gasteiger charge is -2.13. The van der Waals surface area contributed by atoms with Gasteiger partial charge in [0.2, 0.25) is 10.0 Å². The molecule has 7 heteroatoms. The molecule has 1 aromatic rings. The van der Waals surface area contributed by atoms with E-state index in [-0.39, 0.29) is 17.5 Å². The normalized spacial score (nSPS) is 16.4. The van der Waals surface area contributed by atoms with Crippen molar-refractivity contribution in [2.24, 2.45) is 16.8 Å². The van der Waals surface area contributed by atoms with Crippen LogP contribution in [-0.4, -0.2) is 25.2 Å². The molecule has 1 aromatic carbocycles. The maximum absolute atomic E-state index is 12.0. The molecular weight excluding hydrogens is 266 g/mol. The molecule has 0 heterocycles. The van der Waals surface area contributed by atoms with Crippen molar-refractivity contribution in [1.82, 2.24) is 0 Å². The fourth-order valence-electron chi connectivity index (χ4n) is 1.95. The van der Waals surface area contributed by atoms with Crippen LogP contribution in [-0.2, 0) is 10.0 Å². The van der Waals surface area contributed by atoms with Gasteiger partial charge in [0.1, 0.15) is 0 Å². The highest BCUT2D eigenvalue weighted by molar-refractivity contribution is 7.92. The second kappa shape index (κ2) is 5.08. The van der Waals surface area contributed by atoms with E-state index in [0.717, 1.165) is 18.4 Å². The van der Waals surface area contributed by atoms with Gasteiger partial charge in [0.25, 0.3) is 0 Å². The van der Waals surface area contributed by atoms with Gasteiger partial charge in [0.05, 0.1) is 11.4 Å². The molecule has 0 bridgehead atoms. The number of aryl methyl sites for hydroxylation is 1. The molecule has 0 spiro atoms. The SMILES string of the molecule is Cc1cccc(NS(=O)(=O)CC2CC2)c1/C(N)=N/O. The minimum atomic E-state index is -3.39. The Bertz CT molecular complexity index is 607. The van der Waals surface area contributed by atoms with Crippen molar-refractivity contribution >= 4 is 21.5 Å². The first-order valence-electron chi connectivity index (χ1n) is 6.01. The van der Waals surface area contributed by atoms with Crippen LogP contribution in [0.2, 0.25) is 0 Å². The summed E-state index contributed by atoms with van der Waals surface area (Å²) in [5.74, 6) is 0.271. The van der Waals surface area contributed by atoms with E-state index in [1.807, 2.05) is 0 Å². The summed E-state index contributed by atoms with van der Waals surface area (Å²) in [6.45, 7) is 1.77. The van der Waals surface area contributed by atoms with Crippen LogP contribution in [0.4, 0.5) is 5.69 Å². The quantitative estimate of drug-likeness (QED) is 0.327. The summed E-state index contributed by atoms with van der Waals surface area (Å²) in [5.41, 5.74) is 7.08. The summed E-state index contributed by atoms with van der Waals surface area (Å²) in [6, 6.07) is 5.09. The Morgan fingerprint density at radius 1 is 1.53 bits per heavy atom. The van der Waals surface area contributed by atoms with Crippen LogP contribution >= 0.6 is 0 Å². The third-order valence-electron chi connectivity index (χ3n) is 3.05. The number of oxime groups is 1. The zero-order valence-electron chi connectivity index (χ0n) is 10.6. The fraction of sp³-hybridized carbons (Fsp3) is 0.417. The highest BCUT2D eigenvalue weighted by atomic mass is 32.2. The highest BCUT2D eigenvalue weighted by Crippen LogP contribution is 2.31.